The molecule has 0 atom stereocenters. The number of rotatable bonds is 5. The Morgan fingerprint density at radius 3 is 2.55 bits per heavy atom. The molecule has 0 aliphatic carbocycles. The smallest absolute Gasteiger partial charge is 0.323 e. The monoisotopic (exact) mass is 290 g/mol. The van der Waals surface area contributed by atoms with Crippen LogP contribution >= 0.6 is 11.3 Å². The lowest BCUT2D eigenvalue weighted by Gasteiger charge is -2.20. The van der Waals surface area contributed by atoms with Crippen molar-refractivity contribution in [3.8, 4) is 0 Å². The number of carboxylic acids is 1. The number of carbonyl (C=O) groups is 2. The lowest BCUT2D eigenvalue weighted by Crippen LogP contribution is -2.35. The van der Waals surface area contributed by atoms with Gasteiger partial charge in [-0.1, -0.05) is 30.3 Å². The Morgan fingerprint density at radius 1 is 1.30 bits per heavy atom. The van der Waals surface area contributed by atoms with Gasteiger partial charge in [0, 0.05) is 6.54 Å². The van der Waals surface area contributed by atoms with E-state index in [9.17, 15) is 9.59 Å². The molecule has 0 bridgehead atoms. The first kappa shape index (κ1) is 14.2. The van der Waals surface area contributed by atoms with Crippen LogP contribution in [0, 0.1) is 6.92 Å². The second-order valence-corrected chi connectivity index (χ2v) is 5.16. The van der Waals surface area contributed by atoms with Gasteiger partial charge in [0.1, 0.15) is 11.4 Å². The van der Waals surface area contributed by atoms with Gasteiger partial charge in [-0.15, -0.1) is 11.3 Å². The minimum absolute atomic E-state index is 0.267. The molecule has 1 amide bonds. The van der Waals surface area contributed by atoms with E-state index in [0.29, 0.717) is 10.6 Å². The number of thiazole rings is 1. The topological polar surface area (TPSA) is 70.5 Å². The number of aromatic nitrogens is 1. The molecule has 0 saturated carbocycles. The van der Waals surface area contributed by atoms with Gasteiger partial charge in [-0.05, 0) is 12.5 Å². The highest BCUT2D eigenvalue weighted by molar-refractivity contribution is 7.11. The fraction of sp³-hybridized carbons (Fsp3) is 0.214. The van der Waals surface area contributed by atoms with Crippen LogP contribution in [0.15, 0.2) is 35.8 Å². The molecule has 0 unspecified atom stereocenters. The Labute approximate surface area is 120 Å². The lowest BCUT2D eigenvalue weighted by atomic mass is 10.2. The summed E-state index contributed by atoms with van der Waals surface area (Å²) < 4.78 is 0. The minimum atomic E-state index is -1.03. The molecule has 0 radical (unpaired) electrons. The molecule has 6 heteroatoms. The highest BCUT2D eigenvalue weighted by atomic mass is 32.1. The first-order chi connectivity index (χ1) is 9.58. The van der Waals surface area contributed by atoms with Gasteiger partial charge in [-0.25, -0.2) is 4.98 Å². The zero-order valence-corrected chi connectivity index (χ0v) is 11.8. The fourth-order valence-corrected chi connectivity index (χ4v) is 2.59. The molecule has 104 valence electrons. The van der Waals surface area contributed by atoms with Crippen molar-refractivity contribution in [3.05, 3.63) is 52.0 Å². The van der Waals surface area contributed by atoms with Gasteiger partial charge < -0.3 is 10.0 Å². The summed E-state index contributed by atoms with van der Waals surface area (Å²) in [6.07, 6.45) is 0. The van der Waals surface area contributed by atoms with Crippen molar-refractivity contribution in [2.75, 3.05) is 6.54 Å². The van der Waals surface area contributed by atoms with E-state index in [1.54, 1.807) is 12.4 Å². The average molecular weight is 290 g/mol. The van der Waals surface area contributed by atoms with Crippen LogP contribution in [-0.4, -0.2) is 33.4 Å². The molecular weight excluding hydrogens is 276 g/mol. The van der Waals surface area contributed by atoms with E-state index in [1.165, 1.54) is 16.2 Å². The first-order valence-electron chi connectivity index (χ1n) is 6.03. The van der Waals surface area contributed by atoms with Crippen molar-refractivity contribution in [2.24, 2.45) is 0 Å². The third-order valence-electron chi connectivity index (χ3n) is 2.77. The largest absolute Gasteiger partial charge is 0.480 e. The maximum atomic E-state index is 12.4. The first-order valence-corrected chi connectivity index (χ1v) is 6.91. The second-order valence-electron chi connectivity index (χ2n) is 4.31. The molecule has 0 spiro atoms. The van der Waals surface area contributed by atoms with E-state index in [1.807, 2.05) is 30.3 Å². The van der Waals surface area contributed by atoms with Crippen molar-refractivity contribution in [1.82, 2.24) is 9.88 Å². The zero-order valence-electron chi connectivity index (χ0n) is 10.9. The van der Waals surface area contributed by atoms with Crippen molar-refractivity contribution in [2.45, 2.75) is 13.5 Å². The maximum Gasteiger partial charge on any atom is 0.323 e. The molecule has 1 aromatic heterocycles. The highest BCUT2D eigenvalue weighted by Crippen LogP contribution is 2.16. The van der Waals surface area contributed by atoms with Crippen molar-refractivity contribution < 1.29 is 14.7 Å². The lowest BCUT2D eigenvalue weighted by molar-refractivity contribution is -0.137. The predicted molar refractivity (Wildman–Crippen MR) is 75.7 cm³/mol. The van der Waals surface area contributed by atoms with Crippen LogP contribution in [0.25, 0.3) is 0 Å². The Bertz CT molecular complexity index is 610. The van der Waals surface area contributed by atoms with Crippen LogP contribution in [0.5, 0.6) is 0 Å². The summed E-state index contributed by atoms with van der Waals surface area (Å²) >= 11 is 1.23. The number of aliphatic carboxylic acids is 1. The van der Waals surface area contributed by atoms with Crippen molar-refractivity contribution >= 4 is 23.2 Å². The predicted octanol–water partition coefficient (Wildman–Crippen LogP) is 2.18. The van der Waals surface area contributed by atoms with Crippen LogP contribution < -0.4 is 0 Å². The number of carboxylic acid groups (broad SMARTS) is 1. The van der Waals surface area contributed by atoms with Gasteiger partial charge in [0.05, 0.1) is 11.2 Å². The van der Waals surface area contributed by atoms with Crippen LogP contribution in [0.2, 0.25) is 0 Å². The average Bonchev–Trinajstić information content (AvgIpc) is 2.84. The normalized spacial score (nSPS) is 10.2. The molecule has 0 aliphatic heterocycles. The summed E-state index contributed by atoms with van der Waals surface area (Å²) in [5.41, 5.74) is 3.11. The van der Waals surface area contributed by atoms with E-state index in [4.69, 9.17) is 5.11 Å². The van der Waals surface area contributed by atoms with Crippen molar-refractivity contribution in [3.63, 3.8) is 0 Å². The van der Waals surface area contributed by atoms with E-state index in [0.717, 1.165) is 5.56 Å². The number of nitrogens with zero attached hydrogens (tertiary/aromatic N) is 2. The Kier molecular flexibility index (Phi) is 4.47. The third-order valence-corrected chi connectivity index (χ3v) is 3.69. The molecule has 20 heavy (non-hydrogen) atoms. The molecule has 1 N–H and O–H groups in total. The maximum absolute atomic E-state index is 12.4. The van der Waals surface area contributed by atoms with Crippen molar-refractivity contribution in [1.29, 1.82) is 0 Å². The summed E-state index contributed by atoms with van der Waals surface area (Å²) in [5.74, 6) is -1.33. The fourth-order valence-electron chi connectivity index (χ4n) is 1.82. The summed E-state index contributed by atoms with van der Waals surface area (Å²) in [7, 11) is 0. The molecular formula is C14H14N2O3S. The number of hydrogen-bond donors (Lipinski definition) is 1. The highest BCUT2D eigenvalue weighted by Gasteiger charge is 2.21. The number of amides is 1. The van der Waals surface area contributed by atoms with E-state index in [2.05, 4.69) is 4.98 Å². The minimum Gasteiger partial charge on any atom is -0.480 e. The molecule has 0 saturated heterocycles. The Morgan fingerprint density at radius 2 is 2.00 bits per heavy atom. The van der Waals surface area contributed by atoms with Crippen LogP contribution in [-0.2, 0) is 11.3 Å². The molecule has 1 aromatic carbocycles. The third kappa shape index (κ3) is 3.42. The van der Waals surface area contributed by atoms with Gasteiger partial charge in [-0.3, -0.25) is 9.59 Å². The Hall–Kier alpha value is -2.21. The van der Waals surface area contributed by atoms with E-state index in [-0.39, 0.29) is 19.0 Å². The molecule has 0 aliphatic rings. The quantitative estimate of drug-likeness (QED) is 0.916. The van der Waals surface area contributed by atoms with Crippen LogP contribution in [0.4, 0.5) is 0 Å². The number of carbonyl (C=O) groups excluding carboxylic acids is 1. The summed E-state index contributed by atoms with van der Waals surface area (Å²) in [6, 6.07) is 9.32. The molecule has 2 rings (SSSR count). The SMILES string of the molecule is Cc1ncsc1C(=O)N(CC(=O)O)Cc1ccccc1. The van der Waals surface area contributed by atoms with Gasteiger partial charge in [0.15, 0.2) is 0 Å². The number of benzene rings is 1. The van der Waals surface area contributed by atoms with Gasteiger partial charge in [-0.2, -0.15) is 0 Å². The van der Waals surface area contributed by atoms with Crippen LogP contribution in [0.1, 0.15) is 20.9 Å². The van der Waals surface area contributed by atoms with Gasteiger partial charge in [0.25, 0.3) is 5.91 Å². The second kappa shape index (κ2) is 6.29. The van der Waals surface area contributed by atoms with Gasteiger partial charge in [0.2, 0.25) is 0 Å². The number of hydrogen-bond acceptors (Lipinski definition) is 4. The molecule has 5 nitrogen and oxygen atoms in total. The summed E-state index contributed by atoms with van der Waals surface area (Å²) in [4.78, 5) is 29.2. The molecule has 2 aromatic rings. The number of aryl methyl sites for hydroxylation is 1. The van der Waals surface area contributed by atoms with E-state index >= 15 is 0 Å². The van der Waals surface area contributed by atoms with Crippen LogP contribution in [0.3, 0.4) is 0 Å². The standard InChI is InChI=1S/C14H14N2O3S/c1-10-13(20-9-15-10)14(19)16(8-12(17)18)7-11-5-3-2-4-6-11/h2-6,9H,7-8H2,1H3,(H,17,18). The van der Waals surface area contributed by atoms with Gasteiger partial charge >= 0.3 is 5.97 Å². The zero-order chi connectivity index (χ0) is 14.5. The molecule has 0 fully saturated rings. The molecule has 1 heterocycles. The summed E-state index contributed by atoms with van der Waals surface area (Å²) in [5, 5.41) is 8.97. The van der Waals surface area contributed by atoms with E-state index < -0.39 is 5.97 Å². The summed E-state index contributed by atoms with van der Waals surface area (Å²) in [6.45, 7) is 1.68. The Balaban J connectivity index is 2.21.